The molecule has 140 valence electrons. The van der Waals surface area contributed by atoms with Crippen LogP contribution in [-0.2, 0) is 10.7 Å². The first-order valence-electron chi connectivity index (χ1n) is 8.18. The predicted molar refractivity (Wildman–Crippen MR) is 90.5 cm³/mol. The first kappa shape index (κ1) is 18.2. The van der Waals surface area contributed by atoms with Crippen molar-refractivity contribution < 1.29 is 27.5 Å². The summed E-state index contributed by atoms with van der Waals surface area (Å²) >= 11 is 0. The second kappa shape index (κ2) is 6.26. The van der Waals surface area contributed by atoms with Gasteiger partial charge in [-0.3, -0.25) is 9.59 Å². The molecule has 0 N–H and O–H groups in total. The summed E-state index contributed by atoms with van der Waals surface area (Å²) in [6.45, 7) is 2.56. The second-order valence-electron chi connectivity index (χ2n) is 6.74. The normalized spacial score (nSPS) is 17.7. The number of hydrogen-bond acceptors (Lipinski definition) is 4. The van der Waals surface area contributed by atoms with E-state index in [1.807, 2.05) is 0 Å². The standard InChI is InChI=1S/C18H20F2N2O4/c1-10-9-25-15-12-7-11(18(2,19)20)5-6-13(12)26-16(15)17(24)22(10)8-14(23)21(3)4/h5-7,10H,8-9H2,1-4H3/t10-/m1/s1. The fourth-order valence-corrected chi connectivity index (χ4v) is 2.77. The molecule has 2 aromatic rings. The third-order valence-corrected chi connectivity index (χ3v) is 4.41. The Morgan fingerprint density at radius 1 is 1.38 bits per heavy atom. The number of amides is 2. The molecule has 26 heavy (non-hydrogen) atoms. The van der Waals surface area contributed by atoms with E-state index in [-0.39, 0.29) is 47.8 Å². The second-order valence-corrected chi connectivity index (χ2v) is 6.74. The highest BCUT2D eigenvalue weighted by atomic mass is 19.3. The summed E-state index contributed by atoms with van der Waals surface area (Å²) in [5, 5.41) is 0.320. The van der Waals surface area contributed by atoms with E-state index in [9.17, 15) is 18.4 Å². The van der Waals surface area contributed by atoms with Crippen LogP contribution in [0.5, 0.6) is 5.75 Å². The summed E-state index contributed by atoms with van der Waals surface area (Å²) in [6, 6.07) is 3.55. The zero-order chi connectivity index (χ0) is 19.2. The number of ether oxygens (including phenoxy) is 1. The van der Waals surface area contributed by atoms with Crippen LogP contribution in [0.1, 0.15) is 30.0 Å². The van der Waals surface area contributed by atoms with Crippen molar-refractivity contribution in [2.75, 3.05) is 27.2 Å². The van der Waals surface area contributed by atoms with Gasteiger partial charge in [-0.15, -0.1) is 0 Å². The van der Waals surface area contributed by atoms with Crippen LogP contribution in [0.2, 0.25) is 0 Å². The van der Waals surface area contributed by atoms with Crippen LogP contribution >= 0.6 is 0 Å². The Labute approximate surface area is 149 Å². The van der Waals surface area contributed by atoms with Gasteiger partial charge in [-0.2, -0.15) is 0 Å². The maximum Gasteiger partial charge on any atom is 0.294 e. The molecule has 1 atom stereocenters. The zero-order valence-corrected chi connectivity index (χ0v) is 15.0. The Balaban J connectivity index is 2.05. The van der Waals surface area contributed by atoms with Crippen LogP contribution in [0.3, 0.4) is 0 Å². The SMILES string of the molecule is C[C@@H]1COc2c(oc3ccc(C(C)(F)F)cc23)C(=O)N1CC(=O)N(C)C. The zero-order valence-electron chi connectivity index (χ0n) is 15.0. The van der Waals surface area contributed by atoms with E-state index in [1.165, 1.54) is 28.0 Å². The van der Waals surface area contributed by atoms with Crippen LogP contribution in [0.15, 0.2) is 22.6 Å². The van der Waals surface area contributed by atoms with Crippen LogP contribution in [0.25, 0.3) is 11.0 Å². The van der Waals surface area contributed by atoms with Crippen LogP contribution in [0.4, 0.5) is 8.78 Å². The summed E-state index contributed by atoms with van der Waals surface area (Å²) in [4.78, 5) is 27.7. The molecule has 3 rings (SSSR count). The van der Waals surface area contributed by atoms with Crippen molar-refractivity contribution in [1.29, 1.82) is 0 Å². The lowest BCUT2D eigenvalue weighted by Crippen LogP contribution is -2.45. The summed E-state index contributed by atoms with van der Waals surface area (Å²) in [5.74, 6) is -3.70. The van der Waals surface area contributed by atoms with Crippen molar-refractivity contribution in [2.24, 2.45) is 0 Å². The minimum atomic E-state index is -3.02. The number of carbonyl (C=O) groups is 2. The fraction of sp³-hybridized carbons (Fsp3) is 0.444. The van der Waals surface area contributed by atoms with Crippen LogP contribution < -0.4 is 4.74 Å². The molecule has 0 saturated carbocycles. The van der Waals surface area contributed by atoms with Crippen molar-refractivity contribution in [3.8, 4) is 5.75 Å². The molecule has 1 aliphatic heterocycles. The average molecular weight is 366 g/mol. The van der Waals surface area contributed by atoms with Gasteiger partial charge in [0, 0.05) is 26.6 Å². The minimum Gasteiger partial charge on any atom is -0.487 e. The van der Waals surface area contributed by atoms with Crippen molar-refractivity contribution in [3.63, 3.8) is 0 Å². The summed E-state index contributed by atoms with van der Waals surface area (Å²) < 4.78 is 38.5. The van der Waals surface area contributed by atoms with Crippen molar-refractivity contribution in [1.82, 2.24) is 9.80 Å². The van der Waals surface area contributed by atoms with E-state index in [1.54, 1.807) is 21.0 Å². The maximum absolute atomic E-state index is 13.6. The number of furan rings is 1. The lowest BCUT2D eigenvalue weighted by atomic mass is 10.1. The number of nitrogens with zero attached hydrogens (tertiary/aromatic N) is 2. The number of hydrogen-bond donors (Lipinski definition) is 0. The van der Waals surface area contributed by atoms with E-state index in [2.05, 4.69) is 0 Å². The summed E-state index contributed by atoms with van der Waals surface area (Å²) in [7, 11) is 3.20. The van der Waals surface area contributed by atoms with Gasteiger partial charge in [0.15, 0.2) is 5.75 Å². The number of fused-ring (bicyclic) bond motifs is 3. The number of rotatable bonds is 3. The Kier molecular flexibility index (Phi) is 4.37. The Morgan fingerprint density at radius 3 is 2.69 bits per heavy atom. The summed E-state index contributed by atoms with van der Waals surface area (Å²) in [6.07, 6.45) is 0. The smallest absolute Gasteiger partial charge is 0.294 e. The van der Waals surface area contributed by atoms with Gasteiger partial charge in [-0.05, 0) is 25.1 Å². The molecule has 0 aliphatic carbocycles. The predicted octanol–water partition coefficient (Wildman–Crippen LogP) is 2.86. The lowest BCUT2D eigenvalue weighted by Gasteiger charge is -2.26. The lowest BCUT2D eigenvalue weighted by molar-refractivity contribution is -0.129. The molecule has 0 radical (unpaired) electrons. The number of halogens is 2. The van der Waals surface area contributed by atoms with E-state index >= 15 is 0 Å². The van der Waals surface area contributed by atoms with Crippen LogP contribution in [0, 0.1) is 0 Å². The Hall–Kier alpha value is -2.64. The number of alkyl halides is 2. The average Bonchev–Trinajstić information content (AvgIpc) is 2.88. The van der Waals surface area contributed by atoms with Crippen molar-refractivity contribution in [3.05, 3.63) is 29.5 Å². The quantitative estimate of drug-likeness (QED) is 0.838. The Morgan fingerprint density at radius 2 is 2.08 bits per heavy atom. The number of likely N-dealkylation sites (N-methyl/N-ethyl adjacent to an activating group) is 1. The molecule has 8 heteroatoms. The van der Waals surface area contributed by atoms with Gasteiger partial charge in [0.1, 0.15) is 18.7 Å². The molecule has 2 heterocycles. The van der Waals surface area contributed by atoms with Crippen molar-refractivity contribution >= 4 is 22.8 Å². The van der Waals surface area contributed by atoms with E-state index < -0.39 is 11.8 Å². The molecule has 0 bridgehead atoms. The van der Waals surface area contributed by atoms with E-state index in [0.29, 0.717) is 5.39 Å². The molecule has 1 aliphatic rings. The van der Waals surface area contributed by atoms with E-state index in [4.69, 9.17) is 9.15 Å². The van der Waals surface area contributed by atoms with Crippen molar-refractivity contribution in [2.45, 2.75) is 25.8 Å². The van der Waals surface area contributed by atoms with Gasteiger partial charge < -0.3 is 19.0 Å². The fourth-order valence-electron chi connectivity index (χ4n) is 2.77. The van der Waals surface area contributed by atoms with Gasteiger partial charge in [0.2, 0.25) is 11.7 Å². The summed E-state index contributed by atoms with van der Waals surface area (Å²) in [5.41, 5.74) is 0.0892. The van der Waals surface area contributed by atoms with E-state index in [0.717, 1.165) is 6.92 Å². The molecule has 0 unspecified atom stereocenters. The minimum absolute atomic E-state index is 0.0764. The number of carbonyl (C=O) groups excluding carboxylic acids is 2. The largest absolute Gasteiger partial charge is 0.487 e. The molecule has 1 aromatic heterocycles. The van der Waals surface area contributed by atoms with Gasteiger partial charge in [0.25, 0.3) is 11.8 Å². The third-order valence-electron chi connectivity index (χ3n) is 4.41. The molecule has 6 nitrogen and oxygen atoms in total. The highest BCUT2D eigenvalue weighted by Gasteiger charge is 2.35. The first-order chi connectivity index (χ1) is 12.1. The molecule has 0 fully saturated rings. The van der Waals surface area contributed by atoms with Gasteiger partial charge in [0.05, 0.1) is 11.4 Å². The molecule has 0 saturated heterocycles. The third kappa shape index (κ3) is 3.11. The van der Waals surface area contributed by atoms with Gasteiger partial charge in [-0.1, -0.05) is 0 Å². The Bertz CT molecular complexity index is 870. The maximum atomic E-state index is 13.6. The molecule has 1 aromatic carbocycles. The monoisotopic (exact) mass is 366 g/mol. The highest BCUT2D eigenvalue weighted by Crippen LogP contribution is 2.39. The number of benzene rings is 1. The molecule has 2 amide bonds. The molecule has 0 spiro atoms. The molecular weight excluding hydrogens is 346 g/mol. The molecular formula is C18H20F2N2O4. The highest BCUT2D eigenvalue weighted by molar-refractivity contribution is 6.03. The van der Waals surface area contributed by atoms with Gasteiger partial charge in [-0.25, -0.2) is 8.78 Å². The first-order valence-corrected chi connectivity index (χ1v) is 8.18. The topological polar surface area (TPSA) is 63.0 Å². The van der Waals surface area contributed by atoms with Crippen LogP contribution in [-0.4, -0.2) is 54.9 Å². The van der Waals surface area contributed by atoms with Gasteiger partial charge >= 0.3 is 0 Å².